The van der Waals surface area contributed by atoms with Gasteiger partial charge in [-0.05, 0) is 31.2 Å². The summed E-state index contributed by atoms with van der Waals surface area (Å²) in [6, 6.07) is 3.36. The van der Waals surface area contributed by atoms with Crippen molar-refractivity contribution in [3.8, 4) is 11.4 Å². The normalized spacial score (nSPS) is 17.9. The second kappa shape index (κ2) is 7.01. The molecule has 1 fully saturated rings. The van der Waals surface area contributed by atoms with Crippen LogP contribution in [-0.2, 0) is 11.3 Å². The van der Waals surface area contributed by atoms with E-state index in [1.165, 1.54) is 6.07 Å². The zero-order valence-corrected chi connectivity index (χ0v) is 12.7. The molecule has 1 aromatic heterocycles. The van der Waals surface area contributed by atoms with Crippen LogP contribution >= 0.6 is 12.4 Å². The number of hydrogen-bond acceptors (Lipinski definition) is 5. The number of aliphatic carboxylic acids is 1. The SMILES string of the molecule is Cl.O=C(O)C1CCN(Cc2nc(-c3ccc(F)c(F)c3)no2)C1. The van der Waals surface area contributed by atoms with E-state index in [9.17, 15) is 13.6 Å². The van der Waals surface area contributed by atoms with Gasteiger partial charge < -0.3 is 9.63 Å². The van der Waals surface area contributed by atoms with Gasteiger partial charge in [0, 0.05) is 12.1 Å². The molecule has 1 N–H and O–H groups in total. The molecule has 0 amide bonds. The fourth-order valence-electron chi connectivity index (χ4n) is 2.44. The van der Waals surface area contributed by atoms with Gasteiger partial charge >= 0.3 is 5.97 Å². The molecule has 23 heavy (non-hydrogen) atoms. The van der Waals surface area contributed by atoms with Crippen LogP contribution in [-0.4, -0.2) is 39.2 Å². The lowest BCUT2D eigenvalue weighted by Crippen LogP contribution is -2.22. The highest BCUT2D eigenvalue weighted by molar-refractivity contribution is 5.85. The highest BCUT2D eigenvalue weighted by atomic mass is 35.5. The van der Waals surface area contributed by atoms with E-state index in [0.717, 1.165) is 12.1 Å². The summed E-state index contributed by atoms with van der Waals surface area (Å²) < 4.78 is 31.2. The number of hydrogen-bond donors (Lipinski definition) is 1. The molecule has 0 bridgehead atoms. The maximum Gasteiger partial charge on any atom is 0.307 e. The number of carboxylic acid groups (broad SMARTS) is 1. The predicted octanol–water partition coefficient (Wildman–Crippen LogP) is 2.34. The first-order valence-electron chi connectivity index (χ1n) is 6.76. The quantitative estimate of drug-likeness (QED) is 0.916. The summed E-state index contributed by atoms with van der Waals surface area (Å²) in [6.07, 6.45) is 0.583. The molecule has 0 spiro atoms. The molecule has 1 saturated heterocycles. The molecule has 9 heteroatoms. The lowest BCUT2D eigenvalue weighted by molar-refractivity contribution is -0.141. The molecular formula is C14H14ClF2N3O3. The summed E-state index contributed by atoms with van der Waals surface area (Å²) in [4.78, 5) is 16.9. The maximum absolute atomic E-state index is 13.2. The van der Waals surface area contributed by atoms with E-state index >= 15 is 0 Å². The first kappa shape index (κ1) is 17.3. The van der Waals surface area contributed by atoms with Gasteiger partial charge in [0.25, 0.3) is 0 Å². The Kier molecular flexibility index (Phi) is 5.27. The standard InChI is InChI=1S/C14H13F2N3O3.ClH/c15-10-2-1-8(5-11(10)16)13-17-12(22-18-13)7-19-4-3-9(6-19)14(20)21;/h1-2,5,9H,3-4,6-7H2,(H,20,21);1H. The zero-order chi connectivity index (χ0) is 15.7. The van der Waals surface area contributed by atoms with Crippen LogP contribution in [0.15, 0.2) is 22.7 Å². The summed E-state index contributed by atoms with van der Waals surface area (Å²) >= 11 is 0. The third-order valence-corrected chi connectivity index (χ3v) is 3.63. The van der Waals surface area contributed by atoms with E-state index in [1.54, 1.807) is 0 Å². The number of halogens is 3. The molecule has 1 aromatic carbocycles. The fraction of sp³-hybridized carbons (Fsp3) is 0.357. The Balaban J connectivity index is 0.00000192. The summed E-state index contributed by atoms with van der Waals surface area (Å²) in [6.45, 7) is 1.40. The number of aromatic nitrogens is 2. The first-order chi connectivity index (χ1) is 10.5. The van der Waals surface area contributed by atoms with Gasteiger partial charge in [-0.1, -0.05) is 5.16 Å². The Bertz CT molecular complexity index is 710. The molecule has 0 aliphatic carbocycles. The van der Waals surface area contributed by atoms with Gasteiger partial charge in [-0.15, -0.1) is 12.4 Å². The fourth-order valence-corrected chi connectivity index (χ4v) is 2.44. The molecule has 2 aromatic rings. The van der Waals surface area contributed by atoms with E-state index in [4.69, 9.17) is 9.63 Å². The van der Waals surface area contributed by atoms with Gasteiger partial charge in [0.05, 0.1) is 12.5 Å². The smallest absolute Gasteiger partial charge is 0.307 e. The second-order valence-corrected chi connectivity index (χ2v) is 5.20. The van der Waals surface area contributed by atoms with Crippen molar-refractivity contribution in [1.29, 1.82) is 0 Å². The third-order valence-electron chi connectivity index (χ3n) is 3.63. The molecule has 1 unspecified atom stereocenters. The summed E-state index contributed by atoms with van der Waals surface area (Å²) in [5.74, 6) is -2.63. The van der Waals surface area contributed by atoms with Crippen molar-refractivity contribution in [2.45, 2.75) is 13.0 Å². The van der Waals surface area contributed by atoms with E-state index in [1.807, 2.05) is 4.90 Å². The highest BCUT2D eigenvalue weighted by Gasteiger charge is 2.28. The van der Waals surface area contributed by atoms with Crippen molar-refractivity contribution < 1.29 is 23.2 Å². The minimum Gasteiger partial charge on any atom is -0.481 e. The predicted molar refractivity (Wildman–Crippen MR) is 77.9 cm³/mol. The molecular weight excluding hydrogens is 332 g/mol. The molecule has 124 valence electrons. The number of carbonyl (C=O) groups is 1. The average Bonchev–Trinajstić information content (AvgIpc) is 3.12. The van der Waals surface area contributed by atoms with Crippen LogP contribution in [0.25, 0.3) is 11.4 Å². The highest BCUT2D eigenvalue weighted by Crippen LogP contribution is 2.21. The zero-order valence-electron chi connectivity index (χ0n) is 11.9. The van der Waals surface area contributed by atoms with Gasteiger partial charge in [0.2, 0.25) is 11.7 Å². The van der Waals surface area contributed by atoms with E-state index in [-0.39, 0.29) is 24.1 Å². The minimum atomic E-state index is -0.979. The Labute approximate surface area is 136 Å². The summed E-state index contributed by atoms with van der Waals surface area (Å²) in [5.41, 5.74) is 0.318. The van der Waals surface area contributed by atoms with Crippen LogP contribution in [0.1, 0.15) is 12.3 Å². The van der Waals surface area contributed by atoms with Crippen LogP contribution in [0.4, 0.5) is 8.78 Å². The van der Waals surface area contributed by atoms with Crippen molar-refractivity contribution in [2.75, 3.05) is 13.1 Å². The maximum atomic E-state index is 13.2. The molecule has 1 aliphatic heterocycles. The van der Waals surface area contributed by atoms with Crippen LogP contribution < -0.4 is 0 Å². The Hall–Kier alpha value is -2.06. The van der Waals surface area contributed by atoms with Crippen molar-refractivity contribution in [3.63, 3.8) is 0 Å². The first-order valence-corrected chi connectivity index (χ1v) is 6.76. The van der Waals surface area contributed by atoms with Gasteiger partial charge in [0.15, 0.2) is 11.6 Å². The molecule has 1 atom stereocenters. The van der Waals surface area contributed by atoms with E-state index in [2.05, 4.69) is 10.1 Å². The summed E-state index contributed by atoms with van der Waals surface area (Å²) in [5, 5.41) is 12.7. The molecule has 0 radical (unpaired) electrons. The lowest BCUT2D eigenvalue weighted by Gasteiger charge is -2.11. The van der Waals surface area contributed by atoms with E-state index in [0.29, 0.717) is 37.5 Å². The van der Waals surface area contributed by atoms with Gasteiger partial charge in [-0.2, -0.15) is 4.98 Å². The van der Waals surface area contributed by atoms with Crippen LogP contribution in [0.5, 0.6) is 0 Å². The third kappa shape index (κ3) is 3.83. The Morgan fingerprint density at radius 3 is 2.83 bits per heavy atom. The van der Waals surface area contributed by atoms with Crippen molar-refractivity contribution in [2.24, 2.45) is 5.92 Å². The number of carboxylic acids is 1. The topological polar surface area (TPSA) is 79.5 Å². The molecule has 3 rings (SSSR count). The van der Waals surface area contributed by atoms with Crippen LogP contribution in [0.2, 0.25) is 0 Å². The van der Waals surface area contributed by atoms with Crippen LogP contribution in [0, 0.1) is 17.6 Å². The van der Waals surface area contributed by atoms with Crippen molar-refractivity contribution >= 4 is 18.4 Å². The van der Waals surface area contributed by atoms with E-state index < -0.39 is 17.6 Å². The van der Waals surface area contributed by atoms with Gasteiger partial charge in [-0.25, -0.2) is 8.78 Å². The van der Waals surface area contributed by atoms with Gasteiger partial charge in [-0.3, -0.25) is 9.69 Å². The minimum absolute atomic E-state index is 0. The monoisotopic (exact) mass is 345 g/mol. The largest absolute Gasteiger partial charge is 0.481 e. The molecule has 2 heterocycles. The molecule has 1 aliphatic rings. The Morgan fingerprint density at radius 2 is 2.17 bits per heavy atom. The number of nitrogens with zero attached hydrogens (tertiary/aromatic N) is 3. The number of rotatable bonds is 4. The average molecular weight is 346 g/mol. The number of benzene rings is 1. The van der Waals surface area contributed by atoms with Crippen LogP contribution in [0.3, 0.4) is 0 Å². The van der Waals surface area contributed by atoms with Crippen molar-refractivity contribution in [3.05, 3.63) is 35.7 Å². The second-order valence-electron chi connectivity index (χ2n) is 5.20. The Morgan fingerprint density at radius 1 is 1.39 bits per heavy atom. The van der Waals surface area contributed by atoms with Crippen molar-refractivity contribution in [1.82, 2.24) is 15.0 Å². The number of likely N-dealkylation sites (tertiary alicyclic amines) is 1. The summed E-state index contributed by atoms with van der Waals surface area (Å²) in [7, 11) is 0. The molecule has 0 saturated carbocycles. The van der Waals surface area contributed by atoms with Gasteiger partial charge in [0.1, 0.15) is 0 Å². The lowest BCUT2D eigenvalue weighted by atomic mass is 10.1. The molecule has 6 nitrogen and oxygen atoms in total.